The van der Waals surface area contributed by atoms with Gasteiger partial charge in [0.25, 0.3) is 5.91 Å². The highest BCUT2D eigenvalue weighted by atomic mass is 35.5. The minimum Gasteiger partial charge on any atom is -0.308 e. The monoisotopic (exact) mass is 554 g/mol. The summed E-state index contributed by atoms with van der Waals surface area (Å²) in [6.45, 7) is 0.993. The third kappa shape index (κ3) is 6.23. The number of benzene rings is 2. The number of halogens is 2. The number of sulfonamides is 1. The number of amides is 1. The Bertz CT molecular complexity index is 1290. The van der Waals surface area contributed by atoms with Crippen LogP contribution in [0.5, 0.6) is 0 Å². The summed E-state index contributed by atoms with van der Waals surface area (Å²) in [6.07, 6.45) is 4.98. The Morgan fingerprint density at radius 2 is 1.69 bits per heavy atom. The van der Waals surface area contributed by atoms with Crippen molar-refractivity contribution in [1.82, 2.24) is 14.2 Å². The van der Waals surface area contributed by atoms with Crippen LogP contribution in [-0.4, -0.2) is 68.8 Å². The number of carbonyl (C=O) groups excluding carboxylic acids is 1. The van der Waals surface area contributed by atoms with E-state index in [1.54, 1.807) is 30.1 Å². The number of hydrogen-bond donors (Lipinski definition) is 0. The summed E-state index contributed by atoms with van der Waals surface area (Å²) >= 11 is 1.25. The molecule has 36 heavy (non-hydrogen) atoms. The van der Waals surface area contributed by atoms with Crippen molar-refractivity contribution in [3.63, 3.8) is 0 Å². The van der Waals surface area contributed by atoms with Crippen molar-refractivity contribution in [2.45, 2.75) is 43.0 Å². The van der Waals surface area contributed by atoms with Gasteiger partial charge in [-0.1, -0.05) is 30.6 Å². The lowest BCUT2D eigenvalue weighted by molar-refractivity contribution is 0.0985. The van der Waals surface area contributed by atoms with Gasteiger partial charge in [-0.15, -0.1) is 12.4 Å². The fourth-order valence-corrected chi connectivity index (χ4v) is 6.75. The fraction of sp³-hybridized carbons (Fsp3) is 0.440. The molecule has 3 aromatic rings. The highest BCUT2D eigenvalue weighted by Crippen LogP contribution is 2.31. The molecular formula is C25H32ClFN4O3S2. The van der Waals surface area contributed by atoms with Gasteiger partial charge in [-0.05, 0) is 69.4 Å². The molecule has 4 rings (SSSR count). The molecule has 0 saturated heterocycles. The summed E-state index contributed by atoms with van der Waals surface area (Å²) in [4.78, 5) is 21.7. The predicted octanol–water partition coefficient (Wildman–Crippen LogP) is 5.02. The fourth-order valence-electron chi connectivity index (χ4n) is 4.32. The number of anilines is 1. The van der Waals surface area contributed by atoms with E-state index in [-0.39, 0.29) is 35.1 Å². The Morgan fingerprint density at radius 3 is 2.33 bits per heavy atom. The molecule has 0 unspecified atom stereocenters. The van der Waals surface area contributed by atoms with E-state index in [9.17, 15) is 17.6 Å². The Kier molecular flexibility index (Phi) is 9.45. The SMILES string of the molecule is CN(C)CCN(C(=O)c1ccc(S(=O)(=O)N(C)C2CCCCC2)cc1)c1nc2ccc(F)cc2s1.Cl. The average Bonchev–Trinajstić information content (AvgIpc) is 3.26. The Hall–Kier alpha value is -2.11. The lowest BCUT2D eigenvalue weighted by atomic mass is 9.96. The molecule has 0 radical (unpaired) electrons. The zero-order valence-corrected chi connectivity index (χ0v) is 23.1. The average molecular weight is 555 g/mol. The molecule has 1 saturated carbocycles. The molecule has 1 fully saturated rings. The van der Waals surface area contributed by atoms with Gasteiger partial charge < -0.3 is 4.90 Å². The van der Waals surface area contributed by atoms with Crippen LogP contribution in [0.1, 0.15) is 42.5 Å². The molecule has 0 aliphatic heterocycles. The summed E-state index contributed by atoms with van der Waals surface area (Å²) in [5, 5.41) is 0.478. The van der Waals surface area contributed by atoms with Gasteiger partial charge in [-0.25, -0.2) is 17.8 Å². The van der Waals surface area contributed by atoms with Crippen molar-refractivity contribution in [2.75, 3.05) is 39.1 Å². The van der Waals surface area contributed by atoms with E-state index in [4.69, 9.17) is 0 Å². The second-order valence-electron chi connectivity index (χ2n) is 9.21. The van der Waals surface area contributed by atoms with Gasteiger partial charge >= 0.3 is 0 Å². The van der Waals surface area contributed by atoms with Crippen molar-refractivity contribution < 1.29 is 17.6 Å². The summed E-state index contributed by atoms with van der Waals surface area (Å²) in [6, 6.07) is 10.5. The summed E-state index contributed by atoms with van der Waals surface area (Å²) in [5.41, 5.74) is 0.995. The Morgan fingerprint density at radius 1 is 1.03 bits per heavy atom. The molecule has 0 bridgehead atoms. The summed E-state index contributed by atoms with van der Waals surface area (Å²) < 4.78 is 42.1. The number of hydrogen-bond acceptors (Lipinski definition) is 6. The van der Waals surface area contributed by atoms with Crippen LogP contribution in [0.25, 0.3) is 10.2 Å². The van der Waals surface area contributed by atoms with Crippen LogP contribution in [0.15, 0.2) is 47.4 Å². The molecule has 1 aliphatic carbocycles. The van der Waals surface area contributed by atoms with Gasteiger partial charge in [0.15, 0.2) is 5.13 Å². The smallest absolute Gasteiger partial charge is 0.260 e. The van der Waals surface area contributed by atoms with Crippen molar-refractivity contribution in [3.8, 4) is 0 Å². The van der Waals surface area contributed by atoms with Crippen LogP contribution in [0.3, 0.4) is 0 Å². The molecule has 7 nitrogen and oxygen atoms in total. The van der Waals surface area contributed by atoms with Gasteiger partial charge in [-0.3, -0.25) is 9.69 Å². The number of likely N-dealkylation sites (N-methyl/N-ethyl adjacent to an activating group) is 1. The molecule has 2 aromatic carbocycles. The number of rotatable bonds is 8. The Labute approximate surface area is 222 Å². The first-order valence-corrected chi connectivity index (χ1v) is 14.0. The van der Waals surface area contributed by atoms with Crippen LogP contribution < -0.4 is 4.90 Å². The molecule has 11 heteroatoms. The first kappa shape index (κ1) is 28.5. The maximum Gasteiger partial charge on any atom is 0.260 e. The first-order valence-electron chi connectivity index (χ1n) is 11.8. The maximum absolute atomic E-state index is 13.7. The molecule has 1 heterocycles. The van der Waals surface area contributed by atoms with E-state index in [1.165, 1.54) is 39.9 Å². The van der Waals surface area contributed by atoms with Crippen molar-refractivity contribution >= 4 is 55.0 Å². The van der Waals surface area contributed by atoms with E-state index in [0.717, 1.165) is 32.1 Å². The number of carbonyl (C=O) groups is 1. The van der Waals surface area contributed by atoms with Gasteiger partial charge in [-0.2, -0.15) is 4.31 Å². The first-order chi connectivity index (χ1) is 16.7. The lowest BCUT2D eigenvalue weighted by Gasteiger charge is -2.30. The lowest BCUT2D eigenvalue weighted by Crippen LogP contribution is -2.38. The molecular weight excluding hydrogens is 523 g/mol. The molecule has 1 aliphatic rings. The normalized spacial score (nSPS) is 14.8. The zero-order valence-electron chi connectivity index (χ0n) is 20.7. The van der Waals surface area contributed by atoms with Crippen LogP contribution in [0.4, 0.5) is 9.52 Å². The van der Waals surface area contributed by atoms with E-state index in [0.29, 0.717) is 34.0 Å². The predicted molar refractivity (Wildman–Crippen MR) is 145 cm³/mol. The van der Waals surface area contributed by atoms with Gasteiger partial charge in [0.1, 0.15) is 5.82 Å². The van der Waals surface area contributed by atoms with Gasteiger partial charge in [0.2, 0.25) is 10.0 Å². The number of thiazole rings is 1. The maximum atomic E-state index is 13.7. The van der Waals surface area contributed by atoms with Crippen LogP contribution in [0.2, 0.25) is 0 Å². The van der Waals surface area contributed by atoms with E-state index in [2.05, 4.69) is 4.98 Å². The van der Waals surface area contributed by atoms with E-state index < -0.39 is 10.0 Å². The highest BCUT2D eigenvalue weighted by Gasteiger charge is 2.29. The third-order valence-electron chi connectivity index (χ3n) is 6.45. The highest BCUT2D eigenvalue weighted by molar-refractivity contribution is 7.89. The number of aromatic nitrogens is 1. The van der Waals surface area contributed by atoms with Crippen molar-refractivity contribution in [1.29, 1.82) is 0 Å². The molecule has 0 N–H and O–H groups in total. The van der Waals surface area contributed by atoms with Crippen LogP contribution in [-0.2, 0) is 10.0 Å². The summed E-state index contributed by atoms with van der Waals surface area (Å²) in [7, 11) is 1.83. The molecule has 1 amide bonds. The minimum atomic E-state index is -3.64. The van der Waals surface area contributed by atoms with Gasteiger partial charge in [0.05, 0.1) is 15.1 Å². The molecule has 196 valence electrons. The van der Waals surface area contributed by atoms with Crippen molar-refractivity contribution in [2.24, 2.45) is 0 Å². The zero-order chi connectivity index (χ0) is 25.2. The quantitative estimate of drug-likeness (QED) is 0.391. The van der Waals surface area contributed by atoms with E-state index in [1.807, 2.05) is 19.0 Å². The summed E-state index contributed by atoms with van der Waals surface area (Å²) in [5.74, 6) is -0.634. The van der Waals surface area contributed by atoms with Gasteiger partial charge in [0, 0.05) is 31.7 Å². The molecule has 1 aromatic heterocycles. The number of nitrogens with zero attached hydrogens (tertiary/aromatic N) is 4. The van der Waals surface area contributed by atoms with Crippen LogP contribution >= 0.6 is 23.7 Å². The third-order valence-corrected chi connectivity index (χ3v) is 9.42. The minimum absolute atomic E-state index is 0. The molecule has 0 spiro atoms. The second-order valence-corrected chi connectivity index (χ2v) is 12.2. The van der Waals surface area contributed by atoms with Crippen molar-refractivity contribution in [3.05, 3.63) is 53.8 Å². The van der Waals surface area contributed by atoms with Crippen LogP contribution in [0, 0.1) is 5.82 Å². The largest absolute Gasteiger partial charge is 0.308 e. The Balaban J connectivity index is 0.00000361. The molecule has 0 atom stereocenters. The standard InChI is InChI=1S/C25H31FN4O3S2.ClH/c1-28(2)15-16-30(25-27-22-14-11-19(26)17-23(22)34-25)24(31)18-9-12-21(13-10-18)35(32,33)29(3)20-7-5-4-6-8-20;/h9-14,17,20H,4-8,15-16H2,1-3H3;1H. The second kappa shape index (κ2) is 12.0. The van der Waals surface area contributed by atoms with E-state index >= 15 is 0 Å². The number of fused-ring (bicyclic) bond motifs is 1. The topological polar surface area (TPSA) is 73.8 Å².